The van der Waals surface area contributed by atoms with E-state index in [0.717, 1.165) is 51.0 Å². The maximum Gasteiger partial charge on any atom is 0.573 e. The second-order valence-corrected chi connectivity index (χ2v) is 6.09. The molecule has 1 aromatic carbocycles. The fourth-order valence-corrected chi connectivity index (χ4v) is 3.11. The number of alkyl halides is 3. The van der Waals surface area contributed by atoms with E-state index < -0.39 is 6.36 Å². The van der Waals surface area contributed by atoms with Gasteiger partial charge in [-0.2, -0.15) is 0 Å². The van der Waals surface area contributed by atoms with Gasteiger partial charge in [0.1, 0.15) is 5.75 Å². The zero-order valence-electron chi connectivity index (χ0n) is 13.5. The van der Waals surface area contributed by atoms with Crippen LogP contribution in [0.5, 0.6) is 5.75 Å². The van der Waals surface area contributed by atoms with Gasteiger partial charge in [-0.05, 0) is 24.1 Å². The molecule has 0 radical (unpaired) electrons. The average Bonchev–Trinajstić information content (AvgIpc) is 2.50. The van der Waals surface area contributed by atoms with Gasteiger partial charge in [0.2, 0.25) is 0 Å². The Kier molecular flexibility index (Phi) is 8.63. The fraction of sp³-hybridized carbons (Fsp3) is 0.625. The second kappa shape index (κ2) is 9.70. The van der Waals surface area contributed by atoms with E-state index in [-0.39, 0.29) is 29.2 Å². The van der Waals surface area contributed by atoms with E-state index in [4.69, 9.17) is 11.6 Å². The minimum atomic E-state index is -4.73. The quantitative estimate of drug-likeness (QED) is 0.759. The van der Waals surface area contributed by atoms with Crippen molar-refractivity contribution in [2.24, 2.45) is 0 Å². The Bertz CT molecular complexity index is 509. The summed E-state index contributed by atoms with van der Waals surface area (Å²) in [7, 11) is 0. The first-order chi connectivity index (χ1) is 10.9. The third kappa shape index (κ3) is 6.31. The van der Waals surface area contributed by atoms with Crippen LogP contribution < -0.4 is 10.1 Å². The highest BCUT2D eigenvalue weighted by Crippen LogP contribution is 2.35. The van der Waals surface area contributed by atoms with Crippen LogP contribution in [-0.2, 0) is 0 Å². The highest BCUT2D eigenvalue weighted by Gasteiger charge is 2.32. The van der Waals surface area contributed by atoms with Crippen LogP contribution in [0, 0.1) is 0 Å². The number of nitrogens with one attached hydrogen (secondary N) is 1. The average molecular weight is 387 g/mol. The molecule has 0 spiro atoms. The lowest BCUT2D eigenvalue weighted by Gasteiger charge is -2.35. The molecule has 0 bridgehead atoms. The molecule has 1 aromatic rings. The Hall–Kier alpha value is -0.690. The first-order valence-electron chi connectivity index (χ1n) is 7.90. The van der Waals surface area contributed by atoms with Crippen molar-refractivity contribution in [3.8, 4) is 5.75 Å². The number of benzene rings is 1. The fourth-order valence-electron chi connectivity index (χ4n) is 2.88. The maximum absolute atomic E-state index is 12.3. The molecular formula is C16H23Cl2F3N2O. The molecule has 1 saturated heterocycles. The van der Waals surface area contributed by atoms with Crippen molar-refractivity contribution in [2.75, 3.05) is 26.2 Å². The number of piperazine rings is 1. The summed E-state index contributed by atoms with van der Waals surface area (Å²) in [5.41, 5.74) is 0.944. The maximum atomic E-state index is 12.3. The summed E-state index contributed by atoms with van der Waals surface area (Å²) >= 11 is 6.00. The van der Waals surface area contributed by atoms with E-state index in [1.807, 2.05) is 0 Å². The zero-order valence-corrected chi connectivity index (χ0v) is 15.1. The molecule has 3 nitrogen and oxygen atoms in total. The van der Waals surface area contributed by atoms with Gasteiger partial charge in [0.15, 0.2) is 0 Å². The molecule has 0 aliphatic carbocycles. The van der Waals surface area contributed by atoms with E-state index in [1.54, 1.807) is 12.1 Å². The predicted molar refractivity (Wildman–Crippen MR) is 92.1 cm³/mol. The zero-order chi connectivity index (χ0) is 16.9. The van der Waals surface area contributed by atoms with Gasteiger partial charge in [-0.3, -0.25) is 4.90 Å². The van der Waals surface area contributed by atoms with Gasteiger partial charge in [0.25, 0.3) is 0 Å². The van der Waals surface area contributed by atoms with Crippen molar-refractivity contribution < 1.29 is 17.9 Å². The first-order valence-corrected chi connectivity index (χ1v) is 8.28. The van der Waals surface area contributed by atoms with Gasteiger partial charge in [0.05, 0.1) is 5.02 Å². The van der Waals surface area contributed by atoms with Gasteiger partial charge in [-0.15, -0.1) is 25.6 Å². The minimum Gasteiger partial charge on any atom is -0.404 e. The number of rotatable bonds is 6. The molecule has 1 N–H and O–H groups in total. The first kappa shape index (κ1) is 21.4. The van der Waals surface area contributed by atoms with Crippen LogP contribution in [0.1, 0.15) is 37.8 Å². The third-order valence-electron chi connectivity index (χ3n) is 3.99. The molecular weight excluding hydrogens is 364 g/mol. The SMILES string of the molecule is CCCC[C@H](c1ccc(OC(F)(F)F)c(Cl)c1)N1CCNCC1.Cl. The van der Waals surface area contributed by atoms with Crippen molar-refractivity contribution >= 4 is 24.0 Å². The summed E-state index contributed by atoms with van der Waals surface area (Å²) in [6.45, 7) is 5.82. The Morgan fingerprint density at radius 2 is 1.96 bits per heavy atom. The Labute approximate surface area is 151 Å². The summed E-state index contributed by atoms with van der Waals surface area (Å²) in [6.07, 6.45) is -1.63. The molecule has 1 aliphatic rings. The van der Waals surface area contributed by atoms with Crippen LogP contribution >= 0.6 is 24.0 Å². The summed E-state index contributed by atoms with van der Waals surface area (Å²) < 4.78 is 41.0. The van der Waals surface area contributed by atoms with Gasteiger partial charge < -0.3 is 10.1 Å². The van der Waals surface area contributed by atoms with E-state index >= 15 is 0 Å². The summed E-state index contributed by atoms with van der Waals surface area (Å²) in [6, 6.07) is 4.78. The lowest BCUT2D eigenvalue weighted by molar-refractivity contribution is -0.274. The Morgan fingerprint density at radius 1 is 1.29 bits per heavy atom. The lowest BCUT2D eigenvalue weighted by Crippen LogP contribution is -2.45. The molecule has 8 heteroatoms. The van der Waals surface area contributed by atoms with Crippen molar-refractivity contribution in [3.05, 3.63) is 28.8 Å². The summed E-state index contributed by atoms with van der Waals surface area (Å²) in [5, 5.41) is 3.31. The van der Waals surface area contributed by atoms with Gasteiger partial charge in [-0.25, -0.2) is 0 Å². The number of ether oxygens (including phenoxy) is 1. The van der Waals surface area contributed by atoms with Crippen LogP contribution in [0.4, 0.5) is 13.2 Å². The monoisotopic (exact) mass is 386 g/mol. The summed E-state index contributed by atoms with van der Waals surface area (Å²) in [4.78, 5) is 2.36. The third-order valence-corrected chi connectivity index (χ3v) is 4.29. The highest BCUT2D eigenvalue weighted by molar-refractivity contribution is 6.32. The molecule has 138 valence electrons. The number of hydrogen-bond acceptors (Lipinski definition) is 3. The van der Waals surface area contributed by atoms with Gasteiger partial charge in [0, 0.05) is 32.2 Å². The van der Waals surface area contributed by atoms with Crippen molar-refractivity contribution in [1.82, 2.24) is 10.2 Å². The molecule has 0 saturated carbocycles. The number of nitrogens with zero attached hydrogens (tertiary/aromatic N) is 1. The lowest BCUT2D eigenvalue weighted by atomic mass is 9.98. The summed E-state index contributed by atoms with van der Waals surface area (Å²) in [5.74, 6) is -0.350. The van der Waals surface area contributed by atoms with Gasteiger partial charge in [-0.1, -0.05) is 37.4 Å². The van der Waals surface area contributed by atoms with E-state index in [1.165, 1.54) is 6.07 Å². The van der Waals surface area contributed by atoms with E-state index in [0.29, 0.717) is 0 Å². The molecule has 0 amide bonds. The van der Waals surface area contributed by atoms with Crippen LogP contribution in [0.25, 0.3) is 0 Å². The highest BCUT2D eigenvalue weighted by atomic mass is 35.5. The number of hydrogen-bond donors (Lipinski definition) is 1. The second-order valence-electron chi connectivity index (χ2n) is 5.68. The smallest absolute Gasteiger partial charge is 0.404 e. The van der Waals surface area contributed by atoms with Crippen LogP contribution in [-0.4, -0.2) is 37.4 Å². The number of halogens is 5. The molecule has 24 heavy (non-hydrogen) atoms. The number of unbranched alkanes of at least 4 members (excludes halogenated alkanes) is 1. The van der Waals surface area contributed by atoms with Gasteiger partial charge >= 0.3 is 6.36 Å². The van der Waals surface area contributed by atoms with Crippen LogP contribution in [0.2, 0.25) is 5.02 Å². The minimum absolute atomic E-state index is 0. The molecule has 1 heterocycles. The predicted octanol–water partition coefficient (Wildman–Crippen LogP) is 4.80. The molecule has 0 aromatic heterocycles. The van der Waals surface area contributed by atoms with Crippen molar-refractivity contribution in [2.45, 2.75) is 38.6 Å². The molecule has 0 unspecified atom stereocenters. The largest absolute Gasteiger partial charge is 0.573 e. The molecule has 1 atom stereocenters. The molecule has 1 aliphatic heterocycles. The standard InChI is InChI=1S/C16H22ClF3N2O.ClH/c1-2-3-4-14(22-9-7-21-8-10-22)12-5-6-15(13(17)11-12)23-16(18,19)20;/h5-6,11,14,21H,2-4,7-10H2,1H3;1H/t14-;/m1./s1. The molecule has 1 fully saturated rings. The van der Waals surface area contributed by atoms with Crippen molar-refractivity contribution in [3.63, 3.8) is 0 Å². The van der Waals surface area contributed by atoms with Crippen molar-refractivity contribution in [1.29, 1.82) is 0 Å². The van der Waals surface area contributed by atoms with Crippen LogP contribution in [0.3, 0.4) is 0 Å². The molecule has 2 rings (SSSR count). The Balaban J connectivity index is 0.00000288. The Morgan fingerprint density at radius 3 is 2.50 bits per heavy atom. The topological polar surface area (TPSA) is 24.5 Å². The van der Waals surface area contributed by atoms with E-state index in [2.05, 4.69) is 21.9 Å². The van der Waals surface area contributed by atoms with Crippen LogP contribution in [0.15, 0.2) is 18.2 Å². The van der Waals surface area contributed by atoms with E-state index in [9.17, 15) is 13.2 Å². The normalized spacial score (nSPS) is 17.2.